The van der Waals surface area contributed by atoms with E-state index >= 15 is 0 Å². The van der Waals surface area contributed by atoms with E-state index in [1.54, 1.807) is 26.2 Å². The van der Waals surface area contributed by atoms with Gasteiger partial charge < -0.3 is 9.15 Å². The van der Waals surface area contributed by atoms with Gasteiger partial charge in [-0.3, -0.25) is 9.59 Å². The number of Topliss-reactive ketones (excluding diaryl/α,β-unsaturated/α-hetero) is 1. The van der Waals surface area contributed by atoms with E-state index in [2.05, 4.69) is 0 Å². The van der Waals surface area contributed by atoms with E-state index in [0.717, 1.165) is 16.5 Å². The normalized spacial score (nSPS) is 11.0. The molecule has 106 valence electrons. The average Bonchev–Trinajstić information content (AvgIpc) is 2.49. The first-order chi connectivity index (χ1) is 10.0. The fourth-order valence-corrected chi connectivity index (χ4v) is 2.55. The minimum Gasteiger partial charge on any atom is -0.497 e. The monoisotopic (exact) mass is 282 g/mol. The highest BCUT2D eigenvalue weighted by molar-refractivity contribution is 6.07. The van der Waals surface area contributed by atoms with Crippen LogP contribution in [0.2, 0.25) is 0 Å². The average molecular weight is 282 g/mol. The molecular formula is C17H14O4. The summed E-state index contributed by atoms with van der Waals surface area (Å²) in [4.78, 5) is 24.1. The van der Waals surface area contributed by atoms with Gasteiger partial charge in [-0.05, 0) is 42.0 Å². The maximum atomic E-state index is 12.6. The third kappa shape index (κ3) is 2.00. The van der Waals surface area contributed by atoms with Gasteiger partial charge >= 0.3 is 0 Å². The Morgan fingerprint density at radius 2 is 1.95 bits per heavy atom. The van der Waals surface area contributed by atoms with Crippen molar-refractivity contribution in [1.82, 2.24) is 0 Å². The Morgan fingerprint density at radius 3 is 2.62 bits per heavy atom. The fraction of sp³-hybridized carbons (Fsp3) is 0.176. The molecular weight excluding hydrogens is 268 g/mol. The Morgan fingerprint density at radius 1 is 1.19 bits per heavy atom. The van der Waals surface area contributed by atoms with Crippen LogP contribution in [0.4, 0.5) is 0 Å². The van der Waals surface area contributed by atoms with Gasteiger partial charge in [-0.2, -0.15) is 0 Å². The second kappa shape index (κ2) is 4.74. The zero-order valence-corrected chi connectivity index (χ0v) is 12.0. The van der Waals surface area contributed by atoms with Crippen molar-refractivity contribution in [2.75, 3.05) is 7.11 Å². The Kier molecular flexibility index (Phi) is 3.01. The van der Waals surface area contributed by atoms with Gasteiger partial charge in [0.25, 0.3) is 0 Å². The minimum absolute atomic E-state index is 0.125. The largest absolute Gasteiger partial charge is 0.497 e. The van der Waals surface area contributed by atoms with Crippen LogP contribution >= 0.6 is 0 Å². The van der Waals surface area contributed by atoms with Crippen molar-refractivity contribution in [1.29, 1.82) is 0 Å². The number of methoxy groups -OCH3 is 1. The van der Waals surface area contributed by atoms with Gasteiger partial charge in [-0.15, -0.1) is 0 Å². The quantitative estimate of drug-likeness (QED) is 0.533. The maximum absolute atomic E-state index is 12.6. The molecule has 0 aliphatic carbocycles. The number of hydrogen-bond donors (Lipinski definition) is 0. The van der Waals surface area contributed by atoms with Crippen LogP contribution in [0, 0.1) is 6.92 Å². The first kappa shape index (κ1) is 13.4. The van der Waals surface area contributed by atoms with Gasteiger partial charge in [-0.1, -0.05) is 6.07 Å². The van der Waals surface area contributed by atoms with Gasteiger partial charge in [0, 0.05) is 12.5 Å². The SMILES string of the molecule is COc1ccc2c(ccc3oc(C(C)=O)c(C)c(=O)c32)c1. The van der Waals surface area contributed by atoms with Crippen molar-refractivity contribution in [2.45, 2.75) is 13.8 Å². The zero-order chi connectivity index (χ0) is 15.1. The molecule has 0 aliphatic rings. The summed E-state index contributed by atoms with van der Waals surface area (Å²) in [5.41, 5.74) is 0.601. The molecule has 0 saturated heterocycles. The van der Waals surface area contributed by atoms with Crippen LogP contribution in [0.3, 0.4) is 0 Å². The molecule has 2 aromatic carbocycles. The number of hydrogen-bond acceptors (Lipinski definition) is 4. The molecule has 0 aliphatic heterocycles. The summed E-state index contributed by atoms with van der Waals surface area (Å²) in [6, 6.07) is 9.06. The highest BCUT2D eigenvalue weighted by atomic mass is 16.5. The molecule has 0 spiro atoms. The lowest BCUT2D eigenvalue weighted by atomic mass is 10.0. The predicted octanol–water partition coefficient (Wildman–Crippen LogP) is 3.47. The smallest absolute Gasteiger partial charge is 0.196 e. The van der Waals surface area contributed by atoms with E-state index in [1.165, 1.54) is 6.92 Å². The van der Waals surface area contributed by atoms with Crippen molar-refractivity contribution >= 4 is 27.5 Å². The van der Waals surface area contributed by atoms with E-state index in [0.29, 0.717) is 16.5 Å². The van der Waals surface area contributed by atoms with Gasteiger partial charge in [0.05, 0.1) is 12.5 Å². The van der Waals surface area contributed by atoms with E-state index in [4.69, 9.17) is 9.15 Å². The van der Waals surface area contributed by atoms with E-state index in [9.17, 15) is 9.59 Å². The molecule has 0 fully saturated rings. The van der Waals surface area contributed by atoms with Crippen molar-refractivity contribution in [3.05, 3.63) is 51.9 Å². The van der Waals surface area contributed by atoms with Crippen LogP contribution in [-0.2, 0) is 0 Å². The molecule has 0 unspecified atom stereocenters. The second-order valence-corrected chi connectivity index (χ2v) is 4.97. The van der Waals surface area contributed by atoms with E-state index < -0.39 is 0 Å². The Bertz CT molecular complexity index is 935. The molecule has 0 atom stereocenters. The van der Waals surface area contributed by atoms with Gasteiger partial charge in [0.1, 0.15) is 11.3 Å². The second-order valence-electron chi connectivity index (χ2n) is 4.97. The minimum atomic E-state index is -0.249. The third-order valence-corrected chi connectivity index (χ3v) is 3.63. The summed E-state index contributed by atoms with van der Waals surface area (Å²) >= 11 is 0. The van der Waals surface area contributed by atoms with Crippen molar-refractivity contribution in [2.24, 2.45) is 0 Å². The summed E-state index contributed by atoms with van der Waals surface area (Å²) in [5, 5.41) is 2.18. The van der Waals surface area contributed by atoms with Crippen molar-refractivity contribution < 1.29 is 13.9 Å². The lowest BCUT2D eigenvalue weighted by Crippen LogP contribution is -2.11. The highest BCUT2D eigenvalue weighted by Crippen LogP contribution is 2.27. The molecule has 0 amide bonds. The number of ether oxygens (including phenoxy) is 1. The molecule has 0 saturated carbocycles. The predicted molar refractivity (Wildman–Crippen MR) is 81.3 cm³/mol. The summed E-state index contributed by atoms with van der Waals surface area (Å²) in [5.74, 6) is 0.602. The van der Waals surface area contributed by atoms with E-state index in [1.807, 2.05) is 18.2 Å². The fourth-order valence-electron chi connectivity index (χ4n) is 2.55. The maximum Gasteiger partial charge on any atom is 0.196 e. The van der Waals surface area contributed by atoms with Gasteiger partial charge in [0.2, 0.25) is 0 Å². The van der Waals surface area contributed by atoms with Gasteiger partial charge in [0.15, 0.2) is 17.0 Å². The van der Waals surface area contributed by atoms with Crippen LogP contribution < -0.4 is 10.2 Å². The number of rotatable bonds is 2. The van der Waals surface area contributed by atoms with Crippen LogP contribution in [0.5, 0.6) is 5.75 Å². The van der Waals surface area contributed by atoms with Crippen LogP contribution in [-0.4, -0.2) is 12.9 Å². The molecule has 4 nitrogen and oxygen atoms in total. The molecule has 0 N–H and O–H groups in total. The molecule has 3 aromatic rings. The number of benzene rings is 2. The number of carbonyl (C=O) groups is 1. The standard InChI is InChI=1S/C17H14O4/c1-9-16(19)15-13-6-5-12(20-3)8-11(13)4-7-14(15)21-17(9)10(2)18/h4-8H,1-3H3. The van der Waals surface area contributed by atoms with Crippen LogP contribution in [0.1, 0.15) is 23.0 Å². The summed E-state index contributed by atoms with van der Waals surface area (Å²) in [7, 11) is 1.60. The van der Waals surface area contributed by atoms with Crippen molar-refractivity contribution in [3.8, 4) is 5.75 Å². The molecule has 0 bridgehead atoms. The Hall–Kier alpha value is -2.62. The molecule has 3 rings (SSSR count). The molecule has 21 heavy (non-hydrogen) atoms. The first-order valence-corrected chi connectivity index (χ1v) is 6.58. The molecule has 0 radical (unpaired) electrons. The third-order valence-electron chi connectivity index (χ3n) is 3.63. The molecule has 1 aromatic heterocycles. The summed E-state index contributed by atoms with van der Waals surface area (Å²) in [6.07, 6.45) is 0. The summed E-state index contributed by atoms with van der Waals surface area (Å²) < 4.78 is 10.8. The lowest BCUT2D eigenvalue weighted by molar-refractivity contribution is 0.0987. The highest BCUT2D eigenvalue weighted by Gasteiger charge is 2.16. The molecule has 1 heterocycles. The topological polar surface area (TPSA) is 56.5 Å². The van der Waals surface area contributed by atoms with Crippen LogP contribution in [0.15, 0.2) is 39.5 Å². The number of carbonyl (C=O) groups excluding carboxylic acids is 1. The van der Waals surface area contributed by atoms with Crippen LogP contribution in [0.25, 0.3) is 21.7 Å². The number of ketones is 1. The molecule has 4 heteroatoms. The first-order valence-electron chi connectivity index (χ1n) is 6.58. The van der Waals surface area contributed by atoms with Gasteiger partial charge in [-0.25, -0.2) is 0 Å². The summed E-state index contributed by atoms with van der Waals surface area (Å²) in [6.45, 7) is 3.01. The number of fused-ring (bicyclic) bond motifs is 3. The lowest BCUT2D eigenvalue weighted by Gasteiger charge is -2.08. The Labute approximate surface area is 120 Å². The zero-order valence-electron chi connectivity index (χ0n) is 12.0. The Balaban J connectivity index is 2.48. The van der Waals surface area contributed by atoms with E-state index in [-0.39, 0.29) is 17.0 Å². The van der Waals surface area contributed by atoms with Crippen molar-refractivity contribution in [3.63, 3.8) is 0 Å².